The largest absolute Gasteiger partial charge is 0.493 e. The number of ether oxygens (including phenoxy) is 2. The lowest BCUT2D eigenvalue weighted by atomic mass is 10.1. The number of nitrogens with one attached hydrogen (secondary N) is 3. The molecule has 1 aromatic heterocycles. The Kier molecular flexibility index (Phi) is 5.55. The van der Waals surface area contributed by atoms with Gasteiger partial charge < -0.3 is 25.4 Å². The van der Waals surface area contributed by atoms with E-state index >= 15 is 0 Å². The van der Waals surface area contributed by atoms with Crippen molar-refractivity contribution in [2.24, 2.45) is 5.92 Å². The van der Waals surface area contributed by atoms with E-state index in [1.807, 2.05) is 38.2 Å². The van der Waals surface area contributed by atoms with E-state index in [0.717, 1.165) is 48.2 Å². The van der Waals surface area contributed by atoms with Crippen LogP contribution >= 0.6 is 0 Å². The molecular weight excluding hydrogens is 318 g/mol. The predicted octanol–water partition coefficient (Wildman–Crippen LogP) is 2.57. The highest BCUT2D eigenvalue weighted by Gasteiger charge is 2.16. The summed E-state index contributed by atoms with van der Waals surface area (Å²) in [5, 5.41) is 9.61. The van der Waals surface area contributed by atoms with Gasteiger partial charge in [-0.15, -0.1) is 0 Å². The Hall–Kier alpha value is -2.54. The maximum absolute atomic E-state index is 6.00. The van der Waals surface area contributed by atoms with Crippen molar-refractivity contribution in [3.63, 3.8) is 0 Å². The molecule has 1 aliphatic rings. The highest BCUT2D eigenvalue weighted by atomic mass is 16.5. The fourth-order valence-corrected chi connectivity index (χ4v) is 2.81. The van der Waals surface area contributed by atoms with Crippen molar-refractivity contribution in [1.82, 2.24) is 15.3 Å². The molecule has 7 nitrogen and oxygen atoms in total. The summed E-state index contributed by atoms with van der Waals surface area (Å²) in [5.41, 5.74) is 1.74. The van der Waals surface area contributed by atoms with E-state index < -0.39 is 0 Å². The van der Waals surface area contributed by atoms with Crippen LogP contribution in [0, 0.1) is 12.8 Å². The molecule has 2 aromatic rings. The van der Waals surface area contributed by atoms with Crippen molar-refractivity contribution in [3.8, 4) is 11.5 Å². The lowest BCUT2D eigenvalue weighted by molar-refractivity contribution is 0.248. The molecule has 7 heteroatoms. The lowest BCUT2D eigenvalue weighted by Crippen LogP contribution is -2.15. The number of anilines is 3. The third-order valence-corrected chi connectivity index (χ3v) is 4.17. The molecule has 0 saturated carbocycles. The SMILES string of the molecule is CNc1cc(C)nc(Nc2ccc(OC)c(OCC3CCNC3)c2)n1. The van der Waals surface area contributed by atoms with Gasteiger partial charge in [-0.2, -0.15) is 4.98 Å². The molecule has 0 spiro atoms. The van der Waals surface area contributed by atoms with Gasteiger partial charge in [0.15, 0.2) is 11.5 Å². The van der Waals surface area contributed by atoms with Crippen molar-refractivity contribution in [3.05, 3.63) is 30.0 Å². The molecule has 3 N–H and O–H groups in total. The van der Waals surface area contributed by atoms with Gasteiger partial charge in [-0.3, -0.25) is 0 Å². The zero-order chi connectivity index (χ0) is 17.6. The van der Waals surface area contributed by atoms with Crippen LogP contribution in [0.1, 0.15) is 12.1 Å². The number of aryl methyl sites for hydroxylation is 1. The van der Waals surface area contributed by atoms with Crippen molar-refractivity contribution in [2.45, 2.75) is 13.3 Å². The molecule has 1 saturated heterocycles. The van der Waals surface area contributed by atoms with Gasteiger partial charge in [-0.1, -0.05) is 0 Å². The Morgan fingerprint density at radius 3 is 2.84 bits per heavy atom. The van der Waals surface area contributed by atoms with E-state index in [0.29, 0.717) is 18.5 Å². The van der Waals surface area contributed by atoms with Crippen LogP contribution < -0.4 is 25.4 Å². The van der Waals surface area contributed by atoms with Gasteiger partial charge in [0, 0.05) is 43.0 Å². The Balaban J connectivity index is 1.75. The Morgan fingerprint density at radius 2 is 2.12 bits per heavy atom. The monoisotopic (exact) mass is 343 g/mol. The first-order chi connectivity index (χ1) is 12.2. The van der Waals surface area contributed by atoms with E-state index in [4.69, 9.17) is 9.47 Å². The van der Waals surface area contributed by atoms with Gasteiger partial charge in [0.2, 0.25) is 5.95 Å². The van der Waals surface area contributed by atoms with E-state index in [-0.39, 0.29) is 0 Å². The number of aromatic nitrogens is 2. The standard InChI is InChI=1S/C18H25N5O2/c1-12-8-17(19-2)23-18(21-12)22-14-4-5-15(24-3)16(9-14)25-11-13-6-7-20-10-13/h4-5,8-9,13,20H,6-7,10-11H2,1-3H3,(H2,19,21,22,23). The molecule has 0 amide bonds. The summed E-state index contributed by atoms with van der Waals surface area (Å²) in [7, 11) is 3.48. The summed E-state index contributed by atoms with van der Waals surface area (Å²) in [4.78, 5) is 8.83. The zero-order valence-corrected chi connectivity index (χ0v) is 14.9. The highest BCUT2D eigenvalue weighted by Crippen LogP contribution is 2.32. The second-order valence-electron chi connectivity index (χ2n) is 6.13. The summed E-state index contributed by atoms with van der Waals surface area (Å²) in [6.07, 6.45) is 1.14. The second kappa shape index (κ2) is 8.02. The average Bonchev–Trinajstić information content (AvgIpc) is 3.13. The van der Waals surface area contributed by atoms with Gasteiger partial charge >= 0.3 is 0 Å². The highest BCUT2D eigenvalue weighted by molar-refractivity contribution is 5.60. The number of nitrogens with zero attached hydrogens (tertiary/aromatic N) is 2. The number of hydrogen-bond donors (Lipinski definition) is 3. The smallest absolute Gasteiger partial charge is 0.229 e. The molecule has 0 radical (unpaired) electrons. The second-order valence-corrected chi connectivity index (χ2v) is 6.13. The maximum atomic E-state index is 6.00. The first-order valence-electron chi connectivity index (χ1n) is 8.50. The van der Waals surface area contributed by atoms with Crippen molar-refractivity contribution < 1.29 is 9.47 Å². The molecule has 1 aromatic carbocycles. The van der Waals surface area contributed by atoms with Gasteiger partial charge in [-0.05, 0) is 32.0 Å². The molecule has 1 atom stereocenters. The van der Waals surface area contributed by atoms with Crippen LogP contribution in [0.15, 0.2) is 24.3 Å². The van der Waals surface area contributed by atoms with Crippen LogP contribution in [0.4, 0.5) is 17.5 Å². The minimum atomic E-state index is 0.541. The first-order valence-corrected chi connectivity index (χ1v) is 8.50. The Morgan fingerprint density at radius 1 is 1.24 bits per heavy atom. The molecule has 0 aliphatic carbocycles. The topological polar surface area (TPSA) is 80.3 Å². The van der Waals surface area contributed by atoms with Crippen LogP contribution in [-0.2, 0) is 0 Å². The molecule has 1 aliphatic heterocycles. The average molecular weight is 343 g/mol. The van der Waals surface area contributed by atoms with Crippen LogP contribution in [-0.4, -0.2) is 43.8 Å². The quantitative estimate of drug-likeness (QED) is 0.713. The molecule has 3 rings (SSSR count). The fraction of sp³-hybridized carbons (Fsp3) is 0.444. The van der Waals surface area contributed by atoms with E-state index in [1.54, 1.807) is 7.11 Å². The van der Waals surface area contributed by atoms with Gasteiger partial charge in [0.05, 0.1) is 13.7 Å². The Labute approximate surface area is 148 Å². The first kappa shape index (κ1) is 17.3. The maximum Gasteiger partial charge on any atom is 0.229 e. The molecule has 25 heavy (non-hydrogen) atoms. The lowest BCUT2D eigenvalue weighted by Gasteiger charge is -2.15. The van der Waals surface area contributed by atoms with E-state index in [1.165, 1.54) is 0 Å². The number of hydrogen-bond acceptors (Lipinski definition) is 7. The fourth-order valence-electron chi connectivity index (χ4n) is 2.81. The summed E-state index contributed by atoms with van der Waals surface area (Å²) in [6, 6.07) is 7.63. The summed E-state index contributed by atoms with van der Waals surface area (Å²) in [5.74, 6) is 3.30. The van der Waals surface area contributed by atoms with E-state index in [2.05, 4.69) is 25.9 Å². The molecule has 1 fully saturated rings. The third-order valence-electron chi connectivity index (χ3n) is 4.17. The van der Waals surface area contributed by atoms with Crippen LogP contribution in [0.25, 0.3) is 0 Å². The Bertz CT molecular complexity index is 717. The van der Waals surface area contributed by atoms with Gasteiger partial charge in [-0.25, -0.2) is 4.98 Å². The predicted molar refractivity (Wildman–Crippen MR) is 99.1 cm³/mol. The van der Waals surface area contributed by atoms with Gasteiger partial charge in [0.1, 0.15) is 5.82 Å². The molecule has 0 bridgehead atoms. The normalized spacial score (nSPS) is 16.5. The van der Waals surface area contributed by atoms with E-state index in [9.17, 15) is 0 Å². The molecule has 134 valence electrons. The summed E-state index contributed by atoms with van der Waals surface area (Å²) >= 11 is 0. The van der Waals surface area contributed by atoms with Crippen LogP contribution in [0.5, 0.6) is 11.5 Å². The van der Waals surface area contributed by atoms with Crippen molar-refractivity contribution in [1.29, 1.82) is 0 Å². The summed E-state index contributed by atoms with van der Waals surface area (Å²) in [6.45, 7) is 4.68. The van der Waals surface area contributed by atoms with Crippen molar-refractivity contribution >= 4 is 17.5 Å². The molecular formula is C18H25N5O2. The zero-order valence-electron chi connectivity index (χ0n) is 14.9. The summed E-state index contributed by atoms with van der Waals surface area (Å²) < 4.78 is 11.4. The number of rotatable bonds is 7. The molecule has 1 unspecified atom stereocenters. The minimum Gasteiger partial charge on any atom is -0.493 e. The minimum absolute atomic E-state index is 0.541. The van der Waals surface area contributed by atoms with Crippen LogP contribution in [0.2, 0.25) is 0 Å². The number of benzene rings is 1. The third kappa shape index (κ3) is 4.51. The number of methoxy groups -OCH3 is 1. The van der Waals surface area contributed by atoms with Gasteiger partial charge in [0.25, 0.3) is 0 Å². The van der Waals surface area contributed by atoms with Crippen LogP contribution in [0.3, 0.4) is 0 Å². The molecule has 2 heterocycles. The van der Waals surface area contributed by atoms with Crippen molar-refractivity contribution in [2.75, 3.05) is 44.5 Å².